The molecule has 0 unspecified atom stereocenters. The molecular weight excluding hydrogens is 322 g/mol. The fourth-order valence-corrected chi connectivity index (χ4v) is 4.20. The zero-order valence-electron chi connectivity index (χ0n) is 13.9. The number of ether oxygens (including phenoxy) is 1. The Labute approximate surface area is 148 Å². The summed E-state index contributed by atoms with van der Waals surface area (Å²) in [7, 11) is 0. The van der Waals surface area contributed by atoms with Crippen molar-refractivity contribution in [2.45, 2.75) is 44.2 Å². The number of hydrogen-bond donors (Lipinski definition) is 1. The zero-order chi connectivity index (χ0) is 16.4. The molecule has 0 radical (unpaired) electrons. The van der Waals surface area contributed by atoms with Crippen molar-refractivity contribution in [2.24, 2.45) is 0 Å². The second-order valence-electron chi connectivity index (χ2n) is 6.81. The highest BCUT2D eigenvalue weighted by Crippen LogP contribution is 2.32. The van der Waals surface area contributed by atoms with Gasteiger partial charge in [0.05, 0.1) is 31.1 Å². The molecule has 1 atom stereocenters. The first-order valence-electron chi connectivity index (χ1n) is 8.95. The molecule has 1 aromatic carbocycles. The third kappa shape index (κ3) is 3.37. The largest absolute Gasteiger partial charge is 0.378 e. The van der Waals surface area contributed by atoms with E-state index in [4.69, 9.17) is 16.3 Å². The van der Waals surface area contributed by atoms with E-state index in [-0.39, 0.29) is 6.04 Å². The molecule has 2 heterocycles. The van der Waals surface area contributed by atoms with Crippen LogP contribution in [0.2, 0.25) is 5.02 Å². The number of morpholine rings is 1. The number of imidazole rings is 1. The fourth-order valence-electron chi connectivity index (χ4n) is 4.01. The number of H-pyrrole nitrogens is 1. The van der Waals surface area contributed by atoms with Crippen molar-refractivity contribution in [3.63, 3.8) is 0 Å². The van der Waals surface area contributed by atoms with Crippen molar-refractivity contribution in [3.8, 4) is 11.3 Å². The van der Waals surface area contributed by atoms with Gasteiger partial charge >= 0.3 is 0 Å². The molecule has 4 nitrogen and oxygen atoms in total. The molecule has 4 rings (SSSR count). The number of hydrogen-bond acceptors (Lipinski definition) is 3. The van der Waals surface area contributed by atoms with E-state index in [0.717, 1.165) is 41.9 Å². The number of aromatic amines is 1. The third-order valence-corrected chi connectivity index (χ3v) is 5.50. The highest BCUT2D eigenvalue weighted by atomic mass is 35.5. The normalized spacial score (nSPS) is 23.5. The Hall–Kier alpha value is -1.36. The second-order valence-corrected chi connectivity index (χ2v) is 7.25. The van der Waals surface area contributed by atoms with Crippen LogP contribution in [0.4, 0.5) is 0 Å². The van der Waals surface area contributed by atoms with Crippen molar-refractivity contribution < 1.29 is 4.74 Å². The summed E-state index contributed by atoms with van der Waals surface area (Å²) in [5.41, 5.74) is 2.09. The van der Waals surface area contributed by atoms with Gasteiger partial charge in [-0.3, -0.25) is 4.90 Å². The SMILES string of the molecule is Clc1cccc(-c2cnc([C@@H]3COCCN3C3CCCCC3)[nH]2)c1. The molecule has 5 heteroatoms. The van der Waals surface area contributed by atoms with Gasteiger partial charge in [-0.25, -0.2) is 4.98 Å². The van der Waals surface area contributed by atoms with Crippen molar-refractivity contribution in [3.05, 3.63) is 41.3 Å². The summed E-state index contributed by atoms with van der Waals surface area (Å²) in [5, 5.41) is 0.744. The van der Waals surface area contributed by atoms with E-state index in [2.05, 4.69) is 20.9 Å². The topological polar surface area (TPSA) is 41.1 Å². The molecule has 2 fully saturated rings. The van der Waals surface area contributed by atoms with Crippen LogP contribution in [0.1, 0.15) is 44.0 Å². The van der Waals surface area contributed by atoms with E-state index < -0.39 is 0 Å². The Balaban J connectivity index is 1.57. The molecule has 1 aromatic heterocycles. The minimum atomic E-state index is 0.231. The van der Waals surface area contributed by atoms with Crippen LogP contribution in [0.3, 0.4) is 0 Å². The summed E-state index contributed by atoms with van der Waals surface area (Å²) in [6.45, 7) is 2.55. The lowest BCUT2D eigenvalue weighted by molar-refractivity contribution is -0.0400. The predicted molar refractivity (Wildman–Crippen MR) is 96.2 cm³/mol. The molecule has 24 heavy (non-hydrogen) atoms. The van der Waals surface area contributed by atoms with Crippen LogP contribution < -0.4 is 0 Å². The van der Waals surface area contributed by atoms with Crippen LogP contribution in [0, 0.1) is 0 Å². The molecule has 2 aromatic rings. The van der Waals surface area contributed by atoms with Crippen LogP contribution in [0.15, 0.2) is 30.5 Å². The van der Waals surface area contributed by atoms with Crippen molar-refractivity contribution in [2.75, 3.05) is 19.8 Å². The molecule has 1 saturated heterocycles. The summed E-state index contributed by atoms with van der Waals surface area (Å²) < 4.78 is 5.77. The maximum absolute atomic E-state index is 6.11. The minimum Gasteiger partial charge on any atom is -0.378 e. The van der Waals surface area contributed by atoms with E-state index in [9.17, 15) is 0 Å². The summed E-state index contributed by atoms with van der Waals surface area (Å²) >= 11 is 6.11. The van der Waals surface area contributed by atoms with Gasteiger partial charge in [-0.15, -0.1) is 0 Å². The van der Waals surface area contributed by atoms with Gasteiger partial charge in [0.15, 0.2) is 0 Å². The number of benzene rings is 1. The Kier molecular flexibility index (Phi) is 4.88. The summed E-state index contributed by atoms with van der Waals surface area (Å²) in [5.74, 6) is 1.01. The molecule has 1 aliphatic carbocycles. The molecule has 0 bridgehead atoms. The lowest BCUT2D eigenvalue weighted by Crippen LogP contribution is -2.46. The van der Waals surface area contributed by atoms with Crippen molar-refractivity contribution in [1.82, 2.24) is 14.9 Å². The molecule has 2 aliphatic rings. The Morgan fingerprint density at radius 2 is 2.08 bits per heavy atom. The van der Waals surface area contributed by atoms with Crippen LogP contribution in [-0.4, -0.2) is 40.7 Å². The van der Waals surface area contributed by atoms with Crippen LogP contribution in [-0.2, 0) is 4.74 Å². The Morgan fingerprint density at radius 1 is 1.21 bits per heavy atom. The Morgan fingerprint density at radius 3 is 2.92 bits per heavy atom. The first-order chi connectivity index (χ1) is 11.8. The average Bonchev–Trinajstić information content (AvgIpc) is 3.12. The second kappa shape index (κ2) is 7.26. The van der Waals surface area contributed by atoms with Crippen molar-refractivity contribution >= 4 is 11.6 Å². The zero-order valence-corrected chi connectivity index (χ0v) is 14.6. The van der Waals surface area contributed by atoms with Gasteiger partial charge in [0.1, 0.15) is 5.82 Å². The first-order valence-corrected chi connectivity index (χ1v) is 9.33. The first kappa shape index (κ1) is 16.1. The van der Waals surface area contributed by atoms with Gasteiger partial charge in [0.25, 0.3) is 0 Å². The molecule has 1 aliphatic heterocycles. The van der Waals surface area contributed by atoms with E-state index >= 15 is 0 Å². The minimum absolute atomic E-state index is 0.231. The van der Waals surface area contributed by atoms with Crippen LogP contribution in [0.5, 0.6) is 0 Å². The molecule has 1 saturated carbocycles. The number of nitrogens with zero attached hydrogens (tertiary/aromatic N) is 2. The standard InChI is InChI=1S/C19H24ClN3O/c20-15-6-4-5-14(11-15)17-12-21-19(22-17)18-13-24-10-9-23(18)16-7-2-1-3-8-16/h4-6,11-12,16,18H,1-3,7-10,13H2,(H,21,22)/t18-/m0/s1. The van der Waals surface area contributed by atoms with E-state index in [1.54, 1.807) is 0 Å². The number of rotatable bonds is 3. The molecular formula is C19H24ClN3O. The number of aromatic nitrogens is 2. The molecule has 1 N–H and O–H groups in total. The monoisotopic (exact) mass is 345 g/mol. The maximum atomic E-state index is 6.11. The van der Waals surface area contributed by atoms with Gasteiger partial charge in [0, 0.05) is 23.2 Å². The van der Waals surface area contributed by atoms with Gasteiger partial charge in [-0.2, -0.15) is 0 Å². The maximum Gasteiger partial charge on any atom is 0.126 e. The lowest BCUT2D eigenvalue weighted by Gasteiger charge is -2.41. The molecule has 128 valence electrons. The van der Waals surface area contributed by atoms with Crippen LogP contribution in [0.25, 0.3) is 11.3 Å². The summed E-state index contributed by atoms with van der Waals surface area (Å²) in [6, 6.07) is 8.79. The van der Waals surface area contributed by atoms with Gasteiger partial charge in [-0.1, -0.05) is 43.0 Å². The van der Waals surface area contributed by atoms with Gasteiger partial charge in [-0.05, 0) is 25.0 Å². The smallest absolute Gasteiger partial charge is 0.126 e. The highest BCUT2D eigenvalue weighted by Gasteiger charge is 2.32. The third-order valence-electron chi connectivity index (χ3n) is 5.26. The summed E-state index contributed by atoms with van der Waals surface area (Å²) in [6.07, 6.45) is 8.60. The predicted octanol–water partition coefficient (Wildman–Crippen LogP) is 4.44. The Bertz CT molecular complexity index is 681. The number of halogens is 1. The highest BCUT2D eigenvalue weighted by molar-refractivity contribution is 6.30. The summed E-state index contributed by atoms with van der Waals surface area (Å²) in [4.78, 5) is 10.8. The molecule has 0 amide bonds. The van der Waals surface area contributed by atoms with Crippen molar-refractivity contribution in [1.29, 1.82) is 0 Å². The fraction of sp³-hybridized carbons (Fsp3) is 0.526. The van der Waals surface area contributed by atoms with E-state index in [1.165, 1.54) is 32.1 Å². The van der Waals surface area contributed by atoms with Crippen LogP contribution >= 0.6 is 11.6 Å². The average molecular weight is 346 g/mol. The van der Waals surface area contributed by atoms with E-state index in [1.807, 2.05) is 24.4 Å². The van der Waals surface area contributed by atoms with Gasteiger partial charge in [0.2, 0.25) is 0 Å². The van der Waals surface area contributed by atoms with Gasteiger partial charge < -0.3 is 9.72 Å². The number of nitrogens with one attached hydrogen (secondary N) is 1. The quantitative estimate of drug-likeness (QED) is 0.894. The van der Waals surface area contributed by atoms with E-state index in [0.29, 0.717) is 6.04 Å². The lowest BCUT2D eigenvalue weighted by atomic mass is 9.93. The molecule has 0 spiro atoms.